The molecule has 0 aromatic carbocycles. The summed E-state index contributed by atoms with van der Waals surface area (Å²) < 4.78 is 5.70. The van der Waals surface area contributed by atoms with Gasteiger partial charge in [-0.3, -0.25) is 0 Å². The molecule has 15 heavy (non-hydrogen) atoms. The van der Waals surface area contributed by atoms with Gasteiger partial charge in [0.05, 0.1) is 16.4 Å². The van der Waals surface area contributed by atoms with Crippen LogP contribution in [0.3, 0.4) is 0 Å². The van der Waals surface area contributed by atoms with Gasteiger partial charge in [-0.2, -0.15) is 0 Å². The molecule has 0 fully saturated rings. The third-order valence-electron chi connectivity index (χ3n) is 1.74. The Morgan fingerprint density at radius 1 is 1.47 bits per heavy atom. The van der Waals surface area contributed by atoms with Gasteiger partial charge in [0.2, 0.25) is 0 Å². The van der Waals surface area contributed by atoms with Crippen LogP contribution in [0, 0.1) is 6.92 Å². The first kappa shape index (κ1) is 9.97. The maximum Gasteiger partial charge on any atom is 0.175 e. The minimum absolute atomic E-state index is 0.601. The molecule has 2 heterocycles. The fourth-order valence-electron chi connectivity index (χ4n) is 1.09. The Kier molecular flexibility index (Phi) is 2.59. The third-order valence-corrected chi connectivity index (χ3v) is 2.34. The second kappa shape index (κ2) is 3.90. The van der Waals surface area contributed by atoms with Gasteiger partial charge < -0.3 is 15.6 Å². The summed E-state index contributed by atoms with van der Waals surface area (Å²) in [5, 5.41) is 6.80. The van der Waals surface area contributed by atoms with Crippen molar-refractivity contribution in [2.45, 2.75) is 6.92 Å². The zero-order valence-corrected chi connectivity index (χ0v) is 9.58. The number of nitrogen functional groups attached to an aromatic ring is 1. The lowest BCUT2D eigenvalue weighted by Gasteiger charge is -2.03. The monoisotopic (exact) mass is 268 g/mol. The maximum absolute atomic E-state index is 5.57. The van der Waals surface area contributed by atoms with Gasteiger partial charge in [0.1, 0.15) is 11.6 Å². The van der Waals surface area contributed by atoms with Crippen LogP contribution in [0.4, 0.5) is 17.3 Å². The number of hydrogen-bond donors (Lipinski definition) is 2. The minimum Gasteiger partial charge on any atom is -0.397 e. The summed E-state index contributed by atoms with van der Waals surface area (Å²) in [6, 6.07) is 3.55. The molecule has 0 saturated carbocycles. The number of aryl methyl sites for hydroxylation is 1. The van der Waals surface area contributed by atoms with Gasteiger partial charge >= 0.3 is 0 Å². The van der Waals surface area contributed by atoms with Crippen LogP contribution >= 0.6 is 15.9 Å². The molecule has 0 aliphatic carbocycles. The van der Waals surface area contributed by atoms with Crippen LogP contribution in [0.1, 0.15) is 5.76 Å². The van der Waals surface area contributed by atoms with E-state index in [-0.39, 0.29) is 0 Å². The molecule has 78 valence electrons. The Bertz CT molecular complexity index is 483. The Morgan fingerprint density at radius 2 is 2.27 bits per heavy atom. The molecule has 0 saturated heterocycles. The smallest absolute Gasteiger partial charge is 0.175 e. The number of nitrogens with two attached hydrogens (primary N) is 1. The number of anilines is 3. The normalized spacial score (nSPS) is 10.3. The van der Waals surface area contributed by atoms with Crippen LogP contribution in [-0.2, 0) is 0 Å². The van der Waals surface area contributed by atoms with E-state index in [1.54, 1.807) is 18.3 Å². The molecule has 0 aliphatic rings. The predicted molar refractivity (Wildman–Crippen MR) is 60.9 cm³/mol. The molecule has 0 unspecified atom stereocenters. The summed E-state index contributed by atoms with van der Waals surface area (Å²) >= 11 is 3.35. The summed E-state index contributed by atoms with van der Waals surface area (Å²) in [5.41, 5.74) is 6.17. The Hall–Kier alpha value is -1.56. The summed E-state index contributed by atoms with van der Waals surface area (Å²) in [6.07, 6.45) is 1.57. The number of rotatable bonds is 2. The van der Waals surface area contributed by atoms with Crippen molar-refractivity contribution in [1.82, 2.24) is 10.1 Å². The quantitative estimate of drug-likeness (QED) is 0.875. The van der Waals surface area contributed by atoms with Crippen LogP contribution in [0.5, 0.6) is 0 Å². The highest BCUT2D eigenvalue weighted by Gasteiger charge is 2.05. The van der Waals surface area contributed by atoms with E-state index in [0.717, 1.165) is 10.2 Å². The standard InChI is InChI=1S/C9H9BrN4O/c1-5-2-8(14-15-5)13-9-7(10)3-6(11)4-12-9/h2-4H,11H2,1H3,(H,12,13,14). The van der Waals surface area contributed by atoms with Crippen LogP contribution in [0.15, 0.2) is 27.3 Å². The van der Waals surface area contributed by atoms with Crippen molar-refractivity contribution in [3.8, 4) is 0 Å². The Labute approximate surface area is 94.8 Å². The lowest BCUT2D eigenvalue weighted by atomic mass is 10.4. The van der Waals surface area contributed by atoms with Crippen molar-refractivity contribution in [2.24, 2.45) is 0 Å². The lowest BCUT2D eigenvalue weighted by molar-refractivity contribution is 0.400. The van der Waals surface area contributed by atoms with E-state index in [9.17, 15) is 0 Å². The van der Waals surface area contributed by atoms with E-state index in [2.05, 4.69) is 31.4 Å². The molecule has 0 spiro atoms. The SMILES string of the molecule is Cc1cc(Nc2ncc(N)cc2Br)no1. The highest BCUT2D eigenvalue weighted by atomic mass is 79.9. The fourth-order valence-corrected chi connectivity index (χ4v) is 1.56. The van der Waals surface area contributed by atoms with Crippen LogP contribution < -0.4 is 11.1 Å². The second-order valence-corrected chi connectivity index (χ2v) is 3.90. The molecule has 0 aliphatic heterocycles. The van der Waals surface area contributed by atoms with E-state index in [1.165, 1.54) is 0 Å². The highest BCUT2D eigenvalue weighted by Crippen LogP contribution is 2.24. The number of nitrogens with one attached hydrogen (secondary N) is 1. The van der Waals surface area contributed by atoms with Gasteiger partial charge in [0.15, 0.2) is 5.82 Å². The van der Waals surface area contributed by atoms with E-state index in [4.69, 9.17) is 10.3 Å². The van der Waals surface area contributed by atoms with E-state index in [0.29, 0.717) is 17.3 Å². The summed E-state index contributed by atoms with van der Waals surface area (Å²) in [4.78, 5) is 4.12. The molecule has 0 atom stereocenters. The summed E-state index contributed by atoms with van der Waals surface area (Å²) in [5.74, 6) is 2.01. The van der Waals surface area contributed by atoms with Crippen molar-refractivity contribution in [3.63, 3.8) is 0 Å². The molecule has 6 heteroatoms. The molecule has 5 nitrogen and oxygen atoms in total. The fraction of sp³-hybridized carbons (Fsp3) is 0.111. The largest absolute Gasteiger partial charge is 0.397 e. The molecule has 2 aromatic heterocycles. The highest BCUT2D eigenvalue weighted by molar-refractivity contribution is 9.10. The summed E-state index contributed by atoms with van der Waals surface area (Å²) in [6.45, 7) is 1.82. The van der Waals surface area contributed by atoms with Gasteiger partial charge in [-0.25, -0.2) is 4.98 Å². The average Bonchev–Trinajstić information content (AvgIpc) is 2.56. The molecule has 2 rings (SSSR count). The van der Waals surface area contributed by atoms with Crippen molar-refractivity contribution in [2.75, 3.05) is 11.1 Å². The number of hydrogen-bond acceptors (Lipinski definition) is 5. The first-order chi connectivity index (χ1) is 7.15. The average molecular weight is 269 g/mol. The van der Waals surface area contributed by atoms with E-state index < -0.39 is 0 Å². The molecular weight excluding hydrogens is 260 g/mol. The van der Waals surface area contributed by atoms with Crippen LogP contribution in [-0.4, -0.2) is 10.1 Å². The van der Waals surface area contributed by atoms with Crippen LogP contribution in [0.25, 0.3) is 0 Å². The number of pyridine rings is 1. The summed E-state index contributed by atoms with van der Waals surface area (Å²) in [7, 11) is 0. The van der Waals surface area contributed by atoms with Gasteiger partial charge in [0, 0.05) is 6.07 Å². The molecule has 0 amide bonds. The number of nitrogens with zero attached hydrogens (tertiary/aromatic N) is 2. The van der Waals surface area contributed by atoms with Crippen LogP contribution in [0.2, 0.25) is 0 Å². The molecule has 2 aromatic rings. The number of halogens is 1. The van der Waals surface area contributed by atoms with Crippen molar-refractivity contribution < 1.29 is 4.52 Å². The van der Waals surface area contributed by atoms with Crippen molar-refractivity contribution in [3.05, 3.63) is 28.6 Å². The van der Waals surface area contributed by atoms with Crippen molar-refractivity contribution >= 4 is 33.3 Å². The lowest BCUT2D eigenvalue weighted by Crippen LogP contribution is -1.96. The molecule has 0 radical (unpaired) electrons. The zero-order chi connectivity index (χ0) is 10.8. The first-order valence-corrected chi connectivity index (χ1v) is 5.06. The predicted octanol–water partition coefficient (Wildman–Crippen LogP) is 2.47. The Morgan fingerprint density at radius 3 is 2.87 bits per heavy atom. The molecular formula is C9H9BrN4O. The van der Waals surface area contributed by atoms with Gasteiger partial charge in [-0.1, -0.05) is 5.16 Å². The first-order valence-electron chi connectivity index (χ1n) is 4.26. The zero-order valence-electron chi connectivity index (χ0n) is 7.99. The van der Waals surface area contributed by atoms with Crippen molar-refractivity contribution in [1.29, 1.82) is 0 Å². The van der Waals surface area contributed by atoms with Gasteiger partial charge in [0.25, 0.3) is 0 Å². The van der Waals surface area contributed by atoms with Gasteiger partial charge in [-0.15, -0.1) is 0 Å². The second-order valence-electron chi connectivity index (χ2n) is 3.05. The maximum atomic E-state index is 5.57. The third kappa shape index (κ3) is 2.27. The van der Waals surface area contributed by atoms with E-state index >= 15 is 0 Å². The topological polar surface area (TPSA) is 77.0 Å². The molecule has 3 N–H and O–H groups in total. The van der Waals surface area contributed by atoms with Gasteiger partial charge in [-0.05, 0) is 28.9 Å². The minimum atomic E-state index is 0.601. The number of aromatic nitrogens is 2. The van der Waals surface area contributed by atoms with E-state index in [1.807, 2.05) is 6.92 Å². The molecule has 0 bridgehead atoms. The Balaban J connectivity index is 2.24.